The quantitative estimate of drug-likeness (QED) is 0.774. The van der Waals surface area contributed by atoms with Crippen molar-refractivity contribution in [1.29, 1.82) is 5.26 Å². The zero-order chi connectivity index (χ0) is 15.2. The third-order valence-electron chi connectivity index (χ3n) is 4.92. The highest BCUT2D eigenvalue weighted by atomic mass is 35.5. The van der Waals surface area contributed by atoms with Crippen LogP contribution in [-0.4, -0.2) is 11.5 Å². The summed E-state index contributed by atoms with van der Waals surface area (Å²) in [4.78, 5) is 6.98. The van der Waals surface area contributed by atoms with Gasteiger partial charge in [-0.2, -0.15) is 5.26 Å². The number of halogens is 1. The van der Waals surface area contributed by atoms with Gasteiger partial charge in [-0.05, 0) is 43.2 Å². The SMILES string of the molecule is N#Cc1ccc2c(n1)C1(CCCC1)CN2c1cccc(Cl)c1. The number of nitrogens with zero attached hydrogens (tertiary/aromatic N) is 3. The lowest BCUT2D eigenvalue weighted by Gasteiger charge is -2.25. The van der Waals surface area contributed by atoms with E-state index in [1.54, 1.807) is 0 Å². The number of benzene rings is 1. The van der Waals surface area contributed by atoms with E-state index in [0.29, 0.717) is 5.69 Å². The van der Waals surface area contributed by atoms with E-state index in [4.69, 9.17) is 11.6 Å². The van der Waals surface area contributed by atoms with E-state index < -0.39 is 0 Å². The van der Waals surface area contributed by atoms with Crippen LogP contribution in [0, 0.1) is 11.3 Å². The van der Waals surface area contributed by atoms with Gasteiger partial charge in [-0.15, -0.1) is 0 Å². The monoisotopic (exact) mass is 309 g/mol. The predicted molar refractivity (Wildman–Crippen MR) is 87.6 cm³/mol. The second-order valence-corrected chi connectivity index (χ2v) is 6.67. The average molecular weight is 310 g/mol. The molecule has 1 aliphatic heterocycles. The maximum Gasteiger partial charge on any atom is 0.140 e. The van der Waals surface area contributed by atoms with Crippen molar-refractivity contribution in [3.05, 3.63) is 52.8 Å². The lowest BCUT2D eigenvalue weighted by atomic mass is 9.84. The van der Waals surface area contributed by atoms with E-state index in [1.165, 1.54) is 12.8 Å². The molecule has 0 N–H and O–H groups in total. The molecule has 0 radical (unpaired) electrons. The van der Waals surface area contributed by atoms with E-state index in [-0.39, 0.29) is 5.41 Å². The molecule has 4 heteroatoms. The normalized spacial score (nSPS) is 18.5. The van der Waals surface area contributed by atoms with E-state index in [2.05, 4.69) is 22.0 Å². The fraction of sp³-hybridized carbons (Fsp3) is 0.333. The van der Waals surface area contributed by atoms with Gasteiger partial charge in [-0.25, -0.2) is 4.98 Å². The van der Waals surface area contributed by atoms with Crippen molar-refractivity contribution in [2.45, 2.75) is 31.1 Å². The fourth-order valence-electron chi connectivity index (χ4n) is 3.91. The van der Waals surface area contributed by atoms with E-state index in [0.717, 1.165) is 41.5 Å². The van der Waals surface area contributed by atoms with Crippen molar-refractivity contribution in [2.75, 3.05) is 11.4 Å². The zero-order valence-corrected chi connectivity index (χ0v) is 13.0. The topological polar surface area (TPSA) is 39.9 Å². The van der Waals surface area contributed by atoms with Crippen molar-refractivity contribution in [2.24, 2.45) is 0 Å². The third kappa shape index (κ3) is 1.99. The van der Waals surface area contributed by atoms with Crippen molar-refractivity contribution in [3.63, 3.8) is 0 Å². The molecule has 0 bridgehead atoms. The third-order valence-corrected chi connectivity index (χ3v) is 5.16. The van der Waals surface area contributed by atoms with Gasteiger partial charge in [-0.3, -0.25) is 0 Å². The van der Waals surface area contributed by atoms with Gasteiger partial charge < -0.3 is 4.90 Å². The molecule has 0 unspecified atom stereocenters. The van der Waals surface area contributed by atoms with E-state index >= 15 is 0 Å². The first-order valence-corrected chi connectivity index (χ1v) is 8.04. The van der Waals surface area contributed by atoms with Gasteiger partial charge in [0.2, 0.25) is 0 Å². The second kappa shape index (κ2) is 5.00. The van der Waals surface area contributed by atoms with Gasteiger partial charge in [0.05, 0.1) is 11.4 Å². The Morgan fingerprint density at radius 3 is 2.73 bits per heavy atom. The molecular formula is C18H16ClN3. The number of pyridine rings is 1. The smallest absolute Gasteiger partial charge is 0.140 e. The van der Waals surface area contributed by atoms with Crippen LogP contribution in [0.15, 0.2) is 36.4 Å². The molecule has 2 aromatic rings. The first-order chi connectivity index (χ1) is 10.7. The fourth-order valence-corrected chi connectivity index (χ4v) is 4.09. The molecule has 3 nitrogen and oxygen atoms in total. The molecule has 110 valence electrons. The summed E-state index contributed by atoms with van der Waals surface area (Å²) in [5, 5.41) is 9.92. The van der Waals surface area contributed by atoms with Crippen molar-refractivity contribution in [3.8, 4) is 6.07 Å². The molecule has 2 heterocycles. The maximum atomic E-state index is 9.18. The number of nitriles is 1. The number of hydrogen-bond acceptors (Lipinski definition) is 3. The van der Waals surface area contributed by atoms with Crippen LogP contribution in [0.1, 0.15) is 37.1 Å². The highest BCUT2D eigenvalue weighted by molar-refractivity contribution is 6.30. The molecule has 1 fully saturated rings. The summed E-state index contributed by atoms with van der Waals surface area (Å²) in [7, 11) is 0. The number of hydrogen-bond donors (Lipinski definition) is 0. The largest absolute Gasteiger partial charge is 0.339 e. The van der Waals surface area contributed by atoms with Crippen LogP contribution in [-0.2, 0) is 5.41 Å². The van der Waals surface area contributed by atoms with Gasteiger partial charge in [0.25, 0.3) is 0 Å². The molecule has 0 atom stereocenters. The second-order valence-electron chi connectivity index (χ2n) is 6.23. The Morgan fingerprint density at radius 1 is 1.18 bits per heavy atom. The molecule has 2 aliphatic rings. The van der Waals surface area contributed by atoms with Crippen LogP contribution < -0.4 is 4.90 Å². The maximum absolute atomic E-state index is 9.18. The Kier molecular flexibility index (Phi) is 3.09. The lowest BCUT2D eigenvalue weighted by Crippen LogP contribution is -2.29. The minimum Gasteiger partial charge on any atom is -0.339 e. The summed E-state index contributed by atoms with van der Waals surface area (Å²) < 4.78 is 0. The molecular weight excluding hydrogens is 294 g/mol. The van der Waals surface area contributed by atoms with E-state index in [1.807, 2.05) is 30.3 Å². The molecule has 1 aromatic carbocycles. The summed E-state index contributed by atoms with van der Waals surface area (Å²) in [5.74, 6) is 0. The molecule has 1 aliphatic carbocycles. The zero-order valence-electron chi connectivity index (χ0n) is 12.2. The number of rotatable bonds is 1. The molecule has 22 heavy (non-hydrogen) atoms. The van der Waals surface area contributed by atoms with Gasteiger partial charge in [0.15, 0.2) is 0 Å². The Labute approximate surface area is 135 Å². The van der Waals surface area contributed by atoms with Gasteiger partial charge in [0.1, 0.15) is 11.8 Å². The van der Waals surface area contributed by atoms with Crippen LogP contribution in [0.3, 0.4) is 0 Å². The lowest BCUT2D eigenvalue weighted by molar-refractivity contribution is 0.465. The molecule has 4 rings (SSSR count). The minimum absolute atomic E-state index is 0.102. The first kappa shape index (κ1) is 13.6. The number of fused-ring (bicyclic) bond motifs is 2. The Bertz CT molecular complexity index is 772. The van der Waals surface area contributed by atoms with Gasteiger partial charge in [0, 0.05) is 22.7 Å². The van der Waals surface area contributed by atoms with Crippen molar-refractivity contribution in [1.82, 2.24) is 4.98 Å². The van der Waals surface area contributed by atoms with Crippen molar-refractivity contribution >= 4 is 23.0 Å². The summed E-state index contributed by atoms with van der Waals surface area (Å²) in [6, 6.07) is 14.0. The van der Waals surface area contributed by atoms with Crippen LogP contribution in [0.25, 0.3) is 0 Å². The Balaban J connectivity index is 1.86. The molecule has 1 spiro atoms. The standard InChI is InChI=1S/C18H16ClN3/c19-13-4-3-5-15(10-13)22-12-18(8-1-2-9-18)17-16(22)7-6-14(11-20)21-17/h3-7,10H,1-2,8-9,12H2. The summed E-state index contributed by atoms with van der Waals surface area (Å²) in [6.45, 7) is 0.935. The molecule has 1 aromatic heterocycles. The first-order valence-electron chi connectivity index (χ1n) is 7.67. The number of aromatic nitrogens is 1. The Morgan fingerprint density at radius 2 is 2.00 bits per heavy atom. The van der Waals surface area contributed by atoms with Crippen LogP contribution in [0.5, 0.6) is 0 Å². The van der Waals surface area contributed by atoms with Crippen LogP contribution >= 0.6 is 11.6 Å². The Hall–Kier alpha value is -2.05. The molecule has 0 amide bonds. The molecule has 1 saturated carbocycles. The minimum atomic E-state index is 0.102. The average Bonchev–Trinajstić information content (AvgIpc) is 3.14. The highest BCUT2D eigenvalue weighted by Crippen LogP contribution is 2.51. The summed E-state index contributed by atoms with van der Waals surface area (Å²) in [6.07, 6.45) is 4.78. The van der Waals surface area contributed by atoms with Crippen molar-refractivity contribution < 1.29 is 0 Å². The predicted octanol–water partition coefficient (Wildman–Crippen LogP) is 4.57. The van der Waals surface area contributed by atoms with Gasteiger partial charge in [-0.1, -0.05) is 30.5 Å². The highest BCUT2D eigenvalue weighted by Gasteiger charge is 2.46. The van der Waals surface area contributed by atoms with Crippen LogP contribution in [0.4, 0.5) is 11.4 Å². The number of anilines is 2. The van der Waals surface area contributed by atoms with Crippen LogP contribution in [0.2, 0.25) is 5.02 Å². The molecule has 0 saturated heterocycles. The summed E-state index contributed by atoms with van der Waals surface area (Å²) >= 11 is 6.16. The van der Waals surface area contributed by atoms with Gasteiger partial charge >= 0.3 is 0 Å². The van der Waals surface area contributed by atoms with E-state index in [9.17, 15) is 5.26 Å². The summed E-state index contributed by atoms with van der Waals surface area (Å²) in [5.41, 5.74) is 3.94.